The third-order valence-electron chi connectivity index (χ3n) is 3.41. The molecule has 146 valence electrons. The van der Waals surface area contributed by atoms with E-state index >= 15 is 0 Å². The predicted octanol–water partition coefficient (Wildman–Crippen LogP) is 4.65. The van der Waals surface area contributed by atoms with E-state index in [2.05, 4.69) is 44.7 Å². The van der Waals surface area contributed by atoms with Gasteiger partial charge in [0.2, 0.25) is 0 Å². The van der Waals surface area contributed by atoms with E-state index in [4.69, 9.17) is 18.9 Å². The Balaban J connectivity index is 1.53. The van der Waals surface area contributed by atoms with E-state index in [0.717, 1.165) is 0 Å². The van der Waals surface area contributed by atoms with Gasteiger partial charge in [0.1, 0.15) is 36.1 Å². The van der Waals surface area contributed by atoms with Crippen molar-refractivity contribution in [3.8, 4) is 11.5 Å². The summed E-state index contributed by atoms with van der Waals surface area (Å²) in [4.78, 5) is 7.91. The molecule has 0 bridgehead atoms. The molecule has 0 heterocycles. The first kappa shape index (κ1) is 21.9. The Hall–Kier alpha value is -2.44. The fourth-order valence-corrected chi connectivity index (χ4v) is 2.38. The normalized spacial score (nSPS) is 9.86. The van der Waals surface area contributed by atoms with Gasteiger partial charge in [-0.2, -0.15) is 9.98 Å². The Bertz CT molecular complexity index is 765. The second kappa shape index (κ2) is 13.7. The molecule has 6 nitrogen and oxygen atoms in total. The topological polar surface area (TPSA) is 61.6 Å². The van der Waals surface area contributed by atoms with Crippen LogP contribution in [0.15, 0.2) is 58.5 Å². The van der Waals surface area contributed by atoms with Crippen LogP contribution in [-0.2, 0) is 9.47 Å². The van der Waals surface area contributed by atoms with E-state index in [9.17, 15) is 0 Å². The molecule has 2 aromatic rings. The van der Waals surface area contributed by atoms with Gasteiger partial charge in [-0.05, 0) is 48.7 Å². The minimum atomic E-state index is 0.407. The quantitative estimate of drug-likeness (QED) is 0.269. The van der Waals surface area contributed by atoms with Gasteiger partial charge in [-0.15, -0.1) is 0 Å². The maximum Gasteiger partial charge on any atom is 0.145 e. The summed E-state index contributed by atoms with van der Waals surface area (Å²) in [5, 5.41) is 4.67. The van der Waals surface area contributed by atoms with E-state index < -0.39 is 0 Å². The highest BCUT2D eigenvalue weighted by molar-refractivity contribution is 7.78. The number of isothiocyanates is 2. The smallest absolute Gasteiger partial charge is 0.145 e. The summed E-state index contributed by atoms with van der Waals surface area (Å²) in [6.45, 7) is 2.63. The van der Waals surface area contributed by atoms with Crippen LogP contribution in [0.3, 0.4) is 0 Å². The molecule has 0 amide bonds. The van der Waals surface area contributed by atoms with Crippen molar-refractivity contribution < 1.29 is 18.9 Å². The van der Waals surface area contributed by atoms with E-state index in [-0.39, 0.29) is 0 Å². The highest BCUT2D eigenvalue weighted by atomic mass is 32.1. The van der Waals surface area contributed by atoms with Crippen LogP contribution in [0.5, 0.6) is 11.5 Å². The number of nitrogens with zero attached hydrogens (tertiary/aromatic N) is 2. The average molecular weight is 417 g/mol. The van der Waals surface area contributed by atoms with Gasteiger partial charge in [0, 0.05) is 0 Å². The number of aliphatic imine (C=N–C) groups is 2. The number of thiocarbonyl (C=S) groups is 2. The number of rotatable bonds is 13. The summed E-state index contributed by atoms with van der Waals surface area (Å²) >= 11 is 9.24. The molecule has 2 aromatic carbocycles. The molecule has 0 spiro atoms. The van der Waals surface area contributed by atoms with Crippen molar-refractivity contribution >= 4 is 46.1 Å². The van der Waals surface area contributed by atoms with E-state index in [1.54, 1.807) is 0 Å². The molecule has 0 saturated carbocycles. The van der Waals surface area contributed by atoms with Gasteiger partial charge < -0.3 is 18.9 Å². The number of hydrogen-bond donors (Lipinski definition) is 0. The number of benzene rings is 2. The van der Waals surface area contributed by atoms with Crippen LogP contribution in [0.1, 0.15) is 0 Å². The van der Waals surface area contributed by atoms with Crippen LogP contribution in [0.25, 0.3) is 0 Å². The first-order valence-electron chi connectivity index (χ1n) is 8.60. The molecule has 0 N–H and O–H groups in total. The molecule has 28 heavy (non-hydrogen) atoms. The standard InChI is InChI=1S/C20H20N2O4S2/c27-15-21-17-5-1-3-7-19(17)25-13-11-23-9-10-24-12-14-26-20-8-4-2-6-18(20)22-16-28/h1-8H,9-14H2. The molecule has 0 atom stereocenters. The number of para-hydroxylation sites is 4. The minimum Gasteiger partial charge on any atom is -0.489 e. The SMILES string of the molecule is S=C=Nc1ccccc1OCCOCCOCCOc1ccccc1N=C=S. The fraction of sp³-hybridized carbons (Fsp3) is 0.300. The van der Waals surface area contributed by atoms with Crippen molar-refractivity contribution in [1.82, 2.24) is 0 Å². The molecule has 0 aromatic heterocycles. The second-order valence-electron chi connectivity index (χ2n) is 5.26. The maximum absolute atomic E-state index is 5.63. The zero-order chi connectivity index (χ0) is 19.9. The summed E-state index contributed by atoms with van der Waals surface area (Å²) in [5.41, 5.74) is 1.30. The first-order valence-corrected chi connectivity index (χ1v) is 9.41. The molecule has 0 fully saturated rings. The molecule has 8 heteroatoms. The van der Waals surface area contributed by atoms with Crippen molar-refractivity contribution in [1.29, 1.82) is 0 Å². The third-order valence-corrected chi connectivity index (χ3v) is 3.59. The Morgan fingerprint density at radius 2 is 1.00 bits per heavy atom. The number of hydrogen-bond acceptors (Lipinski definition) is 8. The van der Waals surface area contributed by atoms with Crippen molar-refractivity contribution in [2.24, 2.45) is 9.98 Å². The Labute approximate surface area is 174 Å². The first-order chi connectivity index (χ1) is 13.8. The summed E-state index contributed by atoms with van der Waals surface area (Å²) in [6, 6.07) is 14.7. The zero-order valence-corrected chi connectivity index (χ0v) is 16.8. The van der Waals surface area contributed by atoms with E-state index in [1.807, 2.05) is 48.5 Å². The largest absolute Gasteiger partial charge is 0.489 e. The van der Waals surface area contributed by atoms with Crippen LogP contribution in [0.2, 0.25) is 0 Å². The van der Waals surface area contributed by atoms with Gasteiger partial charge in [-0.25, -0.2) is 0 Å². The molecule has 0 aliphatic heterocycles. The average Bonchev–Trinajstić information content (AvgIpc) is 2.72. The summed E-state index contributed by atoms with van der Waals surface area (Å²) in [6.07, 6.45) is 0. The molecular weight excluding hydrogens is 396 g/mol. The zero-order valence-electron chi connectivity index (χ0n) is 15.2. The summed E-state index contributed by atoms with van der Waals surface area (Å²) in [5.74, 6) is 1.30. The van der Waals surface area contributed by atoms with Crippen LogP contribution in [0, 0.1) is 0 Å². The minimum absolute atomic E-state index is 0.407. The van der Waals surface area contributed by atoms with Gasteiger partial charge in [0.15, 0.2) is 0 Å². The Kier molecular flexibility index (Phi) is 10.7. The molecule has 0 aliphatic carbocycles. The third kappa shape index (κ3) is 8.06. The predicted molar refractivity (Wildman–Crippen MR) is 115 cm³/mol. The van der Waals surface area contributed by atoms with Crippen LogP contribution in [0.4, 0.5) is 11.4 Å². The van der Waals surface area contributed by atoms with Gasteiger partial charge in [-0.3, -0.25) is 0 Å². The lowest BCUT2D eigenvalue weighted by molar-refractivity contribution is 0.0275. The van der Waals surface area contributed by atoms with E-state index in [1.165, 1.54) is 0 Å². The monoisotopic (exact) mass is 416 g/mol. The maximum atomic E-state index is 5.63. The lowest BCUT2D eigenvalue weighted by atomic mass is 10.3. The van der Waals surface area contributed by atoms with Gasteiger partial charge in [0.25, 0.3) is 0 Å². The highest BCUT2D eigenvalue weighted by Crippen LogP contribution is 2.26. The summed E-state index contributed by atoms with van der Waals surface area (Å²) in [7, 11) is 0. The Morgan fingerprint density at radius 1 is 0.607 bits per heavy atom. The van der Waals surface area contributed by atoms with Gasteiger partial charge in [-0.1, -0.05) is 24.3 Å². The molecule has 2 rings (SSSR count). The highest BCUT2D eigenvalue weighted by Gasteiger charge is 2.02. The van der Waals surface area contributed by atoms with Crippen LogP contribution in [-0.4, -0.2) is 50.0 Å². The molecule has 0 radical (unpaired) electrons. The van der Waals surface area contributed by atoms with Crippen molar-refractivity contribution in [3.63, 3.8) is 0 Å². The molecule has 0 unspecified atom stereocenters. The molecule has 0 aliphatic rings. The summed E-state index contributed by atoms with van der Waals surface area (Å²) < 4.78 is 22.2. The van der Waals surface area contributed by atoms with Gasteiger partial charge >= 0.3 is 0 Å². The van der Waals surface area contributed by atoms with Crippen LogP contribution < -0.4 is 9.47 Å². The van der Waals surface area contributed by atoms with Crippen molar-refractivity contribution in [3.05, 3.63) is 48.5 Å². The lowest BCUT2D eigenvalue weighted by Crippen LogP contribution is -2.13. The van der Waals surface area contributed by atoms with Crippen molar-refractivity contribution in [2.45, 2.75) is 0 Å². The number of ether oxygens (including phenoxy) is 4. The van der Waals surface area contributed by atoms with E-state index in [0.29, 0.717) is 62.5 Å². The van der Waals surface area contributed by atoms with Crippen LogP contribution >= 0.6 is 24.4 Å². The molecule has 0 saturated heterocycles. The second-order valence-corrected chi connectivity index (χ2v) is 5.63. The fourth-order valence-electron chi connectivity index (χ4n) is 2.18. The Morgan fingerprint density at radius 3 is 1.43 bits per heavy atom. The lowest BCUT2D eigenvalue weighted by Gasteiger charge is -2.10. The van der Waals surface area contributed by atoms with Gasteiger partial charge in [0.05, 0.1) is 36.8 Å². The van der Waals surface area contributed by atoms with Crippen molar-refractivity contribution in [2.75, 3.05) is 39.6 Å². The molecular formula is C20H20N2O4S2.